The van der Waals surface area contributed by atoms with Crippen LogP contribution in [0.15, 0.2) is 59.6 Å². The molecule has 166 valence electrons. The first-order valence-electron chi connectivity index (χ1n) is 10.3. The summed E-state index contributed by atoms with van der Waals surface area (Å²) >= 11 is 0. The molecule has 1 aromatic heterocycles. The lowest BCUT2D eigenvalue weighted by Crippen LogP contribution is -2.46. The van der Waals surface area contributed by atoms with E-state index < -0.39 is 27.7 Å². The molecule has 5 nitrogen and oxygen atoms in total. The molecule has 32 heavy (non-hydrogen) atoms. The average Bonchev–Trinajstić information content (AvgIpc) is 2.78. The highest BCUT2D eigenvalue weighted by Crippen LogP contribution is 2.37. The summed E-state index contributed by atoms with van der Waals surface area (Å²) in [7, 11) is -1.74. The number of anilines is 1. The van der Waals surface area contributed by atoms with Crippen molar-refractivity contribution < 1.29 is 17.8 Å². The minimum atomic E-state index is -1.74. The molecule has 0 saturated carbocycles. The predicted molar refractivity (Wildman–Crippen MR) is 120 cm³/mol. The second kappa shape index (κ2) is 9.16. The molecule has 0 spiro atoms. The third-order valence-corrected chi connectivity index (χ3v) is 7.15. The molecule has 1 aliphatic heterocycles. The number of aryl methyl sites for hydroxylation is 2. The van der Waals surface area contributed by atoms with Crippen LogP contribution in [-0.2, 0) is 10.8 Å². The molecule has 0 radical (unpaired) electrons. The largest absolute Gasteiger partial charge is 0.338 e. The lowest BCUT2D eigenvalue weighted by atomic mass is 10.0. The van der Waals surface area contributed by atoms with E-state index in [0.29, 0.717) is 34.9 Å². The van der Waals surface area contributed by atoms with Crippen molar-refractivity contribution in [1.29, 1.82) is 0 Å². The summed E-state index contributed by atoms with van der Waals surface area (Å²) in [5, 5.41) is 1.79. The first-order valence-corrected chi connectivity index (χ1v) is 11.5. The highest BCUT2D eigenvalue weighted by atomic mass is 32.2. The van der Waals surface area contributed by atoms with E-state index in [-0.39, 0.29) is 11.6 Å². The van der Waals surface area contributed by atoms with Gasteiger partial charge in [-0.05, 0) is 67.8 Å². The van der Waals surface area contributed by atoms with E-state index in [1.54, 1.807) is 31.3 Å². The number of nitrogens with one attached hydrogen (secondary N) is 1. The van der Waals surface area contributed by atoms with Gasteiger partial charge in [0.2, 0.25) is 0 Å². The number of hydrogen-bond donors (Lipinski definition) is 1. The maximum atomic E-state index is 14.9. The van der Waals surface area contributed by atoms with Crippen molar-refractivity contribution in [3.63, 3.8) is 0 Å². The molecule has 2 unspecified atom stereocenters. The Labute approximate surface area is 187 Å². The first kappa shape index (κ1) is 22.1. The maximum Gasteiger partial charge on any atom is 0.323 e. The Morgan fingerprint density at radius 1 is 1.06 bits per heavy atom. The van der Waals surface area contributed by atoms with E-state index in [1.807, 2.05) is 19.1 Å². The Hall–Kier alpha value is -3.13. The third-order valence-electron chi connectivity index (χ3n) is 5.48. The standard InChI is InChI=1S/C24H23F2N3O2S/c1-15-4-7-18(8-5-15)32(31)23(20-12-17(25)6-9-21(20)26)19-13-22(28-14-16(19)2)29-11-3-10-27-24(29)30/h4-9,12-14,23H,3,10-11H2,1-2H3,(H,27,30). The summed E-state index contributed by atoms with van der Waals surface area (Å²) in [5.41, 5.74) is 2.18. The monoisotopic (exact) mass is 455 g/mol. The second-order valence-electron chi connectivity index (χ2n) is 7.79. The van der Waals surface area contributed by atoms with Crippen molar-refractivity contribution in [2.75, 3.05) is 18.0 Å². The summed E-state index contributed by atoms with van der Waals surface area (Å²) in [4.78, 5) is 18.7. The summed E-state index contributed by atoms with van der Waals surface area (Å²) in [6.07, 6.45) is 2.33. The van der Waals surface area contributed by atoms with Gasteiger partial charge >= 0.3 is 6.03 Å². The zero-order valence-electron chi connectivity index (χ0n) is 17.8. The van der Waals surface area contributed by atoms with Crippen LogP contribution in [-0.4, -0.2) is 28.3 Å². The number of carbonyl (C=O) groups excluding carboxylic acids is 1. The third kappa shape index (κ3) is 4.41. The molecule has 8 heteroatoms. The van der Waals surface area contributed by atoms with Crippen molar-refractivity contribution in [2.24, 2.45) is 0 Å². The molecule has 2 aromatic carbocycles. The zero-order valence-corrected chi connectivity index (χ0v) is 18.6. The number of aromatic nitrogens is 1. The van der Waals surface area contributed by atoms with E-state index in [9.17, 15) is 17.8 Å². The number of hydrogen-bond acceptors (Lipinski definition) is 3. The minimum Gasteiger partial charge on any atom is -0.338 e. The van der Waals surface area contributed by atoms with Crippen LogP contribution in [0.4, 0.5) is 19.4 Å². The van der Waals surface area contributed by atoms with Gasteiger partial charge in [-0.25, -0.2) is 18.6 Å². The van der Waals surface area contributed by atoms with Gasteiger partial charge in [0.05, 0.1) is 16.0 Å². The molecule has 2 amide bonds. The Bertz CT molecular complexity index is 1180. The lowest BCUT2D eigenvalue weighted by Gasteiger charge is -2.28. The molecule has 1 saturated heterocycles. The summed E-state index contributed by atoms with van der Waals surface area (Å²) in [6, 6.07) is 11.7. The number of urea groups is 1. The fraction of sp³-hybridized carbons (Fsp3) is 0.250. The van der Waals surface area contributed by atoms with Gasteiger partial charge in [-0.15, -0.1) is 0 Å². The average molecular weight is 456 g/mol. The number of pyridine rings is 1. The van der Waals surface area contributed by atoms with Crippen LogP contribution in [0.3, 0.4) is 0 Å². The first-order chi connectivity index (χ1) is 15.3. The van der Waals surface area contributed by atoms with Crippen LogP contribution in [0.2, 0.25) is 0 Å². The van der Waals surface area contributed by atoms with Crippen LogP contribution >= 0.6 is 0 Å². The Morgan fingerprint density at radius 2 is 1.81 bits per heavy atom. The van der Waals surface area contributed by atoms with E-state index >= 15 is 0 Å². The SMILES string of the molecule is Cc1ccc(S(=O)C(c2cc(N3CCCNC3=O)ncc2C)c2cc(F)ccc2F)cc1. The summed E-state index contributed by atoms with van der Waals surface area (Å²) < 4.78 is 42.8. The van der Waals surface area contributed by atoms with Crippen LogP contribution in [0.1, 0.15) is 33.9 Å². The minimum absolute atomic E-state index is 0.00717. The molecule has 2 heterocycles. The molecule has 4 rings (SSSR count). The fourth-order valence-corrected chi connectivity index (χ4v) is 5.30. The Balaban J connectivity index is 1.87. The molecule has 1 aliphatic rings. The van der Waals surface area contributed by atoms with Gasteiger partial charge in [-0.1, -0.05) is 17.7 Å². The number of benzene rings is 2. The quantitative estimate of drug-likeness (QED) is 0.602. The highest BCUT2D eigenvalue weighted by Gasteiger charge is 2.29. The number of carbonyl (C=O) groups is 1. The van der Waals surface area contributed by atoms with Crippen molar-refractivity contribution in [1.82, 2.24) is 10.3 Å². The van der Waals surface area contributed by atoms with E-state index in [0.717, 1.165) is 30.2 Å². The van der Waals surface area contributed by atoms with Gasteiger partial charge in [0.25, 0.3) is 0 Å². The van der Waals surface area contributed by atoms with Crippen LogP contribution in [0.25, 0.3) is 0 Å². The normalized spacial score (nSPS) is 15.9. The van der Waals surface area contributed by atoms with E-state index in [1.165, 1.54) is 4.90 Å². The number of halogens is 2. The van der Waals surface area contributed by atoms with Crippen LogP contribution < -0.4 is 10.2 Å². The second-order valence-corrected chi connectivity index (χ2v) is 9.33. The van der Waals surface area contributed by atoms with Gasteiger partial charge < -0.3 is 5.32 Å². The number of nitrogens with zero attached hydrogens (tertiary/aromatic N) is 2. The molecule has 2 atom stereocenters. The lowest BCUT2D eigenvalue weighted by molar-refractivity contribution is 0.242. The van der Waals surface area contributed by atoms with Gasteiger partial charge in [-0.2, -0.15) is 0 Å². The van der Waals surface area contributed by atoms with Gasteiger partial charge in [0.1, 0.15) is 17.5 Å². The highest BCUT2D eigenvalue weighted by molar-refractivity contribution is 7.85. The number of amides is 2. The molecule has 0 aliphatic carbocycles. The van der Waals surface area contributed by atoms with Crippen LogP contribution in [0, 0.1) is 25.5 Å². The Kier molecular flexibility index (Phi) is 6.32. The molecular formula is C24H23F2N3O2S. The molecule has 1 fully saturated rings. The van der Waals surface area contributed by atoms with E-state index in [2.05, 4.69) is 10.3 Å². The maximum absolute atomic E-state index is 14.9. The molecule has 3 aromatic rings. The molecular weight excluding hydrogens is 432 g/mol. The van der Waals surface area contributed by atoms with Crippen LogP contribution in [0.5, 0.6) is 0 Å². The topological polar surface area (TPSA) is 62.3 Å². The predicted octanol–water partition coefficient (Wildman–Crippen LogP) is 4.79. The Morgan fingerprint density at radius 3 is 2.53 bits per heavy atom. The van der Waals surface area contributed by atoms with Gasteiger partial charge in [0.15, 0.2) is 0 Å². The fourth-order valence-electron chi connectivity index (χ4n) is 3.73. The molecule has 0 bridgehead atoms. The summed E-state index contributed by atoms with van der Waals surface area (Å²) in [5.74, 6) is -0.884. The van der Waals surface area contributed by atoms with Crippen molar-refractivity contribution in [2.45, 2.75) is 30.4 Å². The van der Waals surface area contributed by atoms with E-state index in [4.69, 9.17) is 0 Å². The smallest absolute Gasteiger partial charge is 0.323 e. The van der Waals surface area contributed by atoms with Gasteiger partial charge in [0, 0.05) is 29.7 Å². The number of rotatable bonds is 5. The van der Waals surface area contributed by atoms with Crippen molar-refractivity contribution in [3.05, 3.63) is 88.6 Å². The van der Waals surface area contributed by atoms with Crippen molar-refractivity contribution in [3.8, 4) is 0 Å². The summed E-state index contributed by atoms with van der Waals surface area (Å²) in [6.45, 7) is 4.77. The molecule has 1 N–H and O–H groups in total. The zero-order chi connectivity index (χ0) is 22.8. The van der Waals surface area contributed by atoms with Gasteiger partial charge in [-0.3, -0.25) is 9.11 Å². The van der Waals surface area contributed by atoms with Crippen molar-refractivity contribution >= 4 is 22.6 Å².